The van der Waals surface area contributed by atoms with Crippen LogP contribution in [-0.4, -0.2) is 9.55 Å². The Balaban J connectivity index is 2.24. The molecule has 0 bridgehead atoms. The molecule has 0 unspecified atom stereocenters. The zero-order chi connectivity index (χ0) is 14.1. The number of nitrogens with zero attached hydrogens (tertiary/aromatic N) is 2. The van der Waals surface area contributed by atoms with Gasteiger partial charge in [0.25, 0.3) is 0 Å². The van der Waals surface area contributed by atoms with Crippen LogP contribution < -0.4 is 5.73 Å². The van der Waals surface area contributed by atoms with Crippen molar-refractivity contribution in [3.8, 4) is 11.4 Å². The summed E-state index contributed by atoms with van der Waals surface area (Å²) in [5.74, 6) is 1.03. The fourth-order valence-electron chi connectivity index (χ4n) is 2.63. The van der Waals surface area contributed by atoms with E-state index in [9.17, 15) is 0 Å². The molecule has 0 fully saturated rings. The lowest BCUT2D eigenvalue weighted by Gasteiger charge is -2.06. The van der Waals surface area contributed by atoms with Gasteiger partial charge in [-0.05, 0) is 37.6 Å². The number of hydrogen-bond donors (Lipinski definition) is 1. The maximum atomic E-state index is 5.71. The third kappa shape index (κ3) is 2.10. The maximum Gasteiger partial charge on any atom is 0.141 e. The second-order valence-electron chi connectivity index (χ2n) is 5.08. The number of nitrogens with two attached hydrogens (primary N) is 1. The Labute approximate surface area is 119 Å². The lowest BCUT2D eigenvalue weighted by molar-refractivity contribution is 0.796. The molecule has 0 radical (unpaired) electrons. The van der Waals surface area contributed by atoms with E-state index < -0.39 is 0 Å². The van der Waals surface area contributed by atoms with Crippen molar-refractivity contribution in [3.05, 3.63) is 53.6 Å². The third-order valence-electron chi connectivity index (χ3n) is 3.64. The zero-order valence-electron chi connectivity index (χ0n) is 11.9. The summed E-state index contributed by atoms with van der Waals surface area (Å²) in [4.78, 5) is 4.81. The first kappa shape index (κ1) is 12.9. The highest BCUT2D eigenvalue weighted by atomic mass is 15.1. The standard InChI is InChI=1S/C17H19N3/c1-3-20-16-8-7-13(11-18)10-15(16)19-17(20)14-6-4-5-12(2)9-14/h4-10H,3,11,18H2,1-2H3. The summed E-state index contributed by atoms with van der Waals surface area (Å²) < 4.78 is 2.25. The van der Waals surface area contributed by atoms with E-state index in [-0.39, 0.29) is 0 Å². The quantitative estimate of drug-likeness (QED) is 0.787. The van der Waals surface area contributed by atoms with E-state index in [1.54, 1.807) is 0 Å². The van der Waals surface area contributed by atoms with Crippen molar-refractivity contribution in [2.75, 3.05) is 0 Å². The van der Waals surface area contributed by atoms with Crippen molar-refractivity contribution in [3.63, 3.8) is 0 Å². The van der Waals surface area contributed by atoms with Gasteiger partial charge in [0.1, 0.15) is 5.82 Å². The fourth-order valence-corrected chi connectivity index (χ4v) is 2.63. The van der Waals surface area contributed by atoms with E-state index in [1.807, 2.05) is 0 Å². The smallest absolute Gasteiger partial charge is 0.141 e. The molecular weight excluding hydrogens is 246 g/mol. The average Bonchev–Trinajstić information content (AvgIpc) is 2.84. The van der Waals surface area contributed by atoms with E-state index in [4.69, 9.17) is 10.7 Å². The molecule has 3 heteroatoms. The summed E-state index contributed by atoms with van der Waals surface area (Å²) in [5.41, 5.74) is 11.4. The Morgan fingerprint density at radius 2 is 2.00 bits per heavy atom. The van der Waals surface area contributed by atoms with Crippen molar-refractivity contribution in [1.29, 1.82) is 0 Å². The van der Waals surface area contributed by atoms with Gasteiger partial charge in [-0.2, -0.15) is 0 Å². The maximum absolute atomic E-state index is 5.71. The molecule has 0 aliphatic carbocycles. The Morgan fingerprint density at radius 1 is 1.15 bits per heavy atom. The number of rotatable bonds is 3. The summed E-state index contributed by atoms with van der Waals surface area (Å²) in [6, 6.07) is 14.8. The fraction of sp³-hybridized carbons (Fsp3) is 0.235. The molecular formula is C17H19N3. The monoisotopic (exact) mass is 265 g/mol. The van der Waals surface area contributed by atoms with E-state index in [2.05, 4.69) is 60.9 Å². The minimum absolute atomic E-state index is 0.550. The Kier molecular flexibility index (Phi) is 3.28. The van der Waals surface area contributed by atoms with Crippen LogP contribution >= 0.6 is 0 Å². The van der Waals surface area contributed by atoms with Gasteiger partial charge in [-0.15, -0.1) is 0 Å². The van der Waals surface area contributed by atoms with Crippen LogP contribution in [0.25, 0.3) is 22.4 Å². The zero-order valence-corrected chi connectivity index (χ0v) is 11.9. The molecule has 102 valence electrons. The van der Waals surface area contributed by atoms with Crippen molar-refractivity contribution in [2.45, 2.75) is 26.9 Å². The number of fused-ring (bicyclic) bond motifs is 1. The van der Waals surface area contributed by atoms with Gasteiger partial charge in [0.15, 0.2) is 0 Å². The molecule has 0 spiro atoms. The molecule has 1 aromatic heterocycles. The van der Waals surface area contributed by atoms with E-state index in [1.165, 1.54) is 11.1 Å². The Bertz CT molecular complexity index is 756. The number of imidazole rings is 1. The normalized spacial score (nSPS) is 11.2. The number of benzene rings is 2. The molecule has 3 rings (SSSR count). The SMILES string of the molecule is CCn1c(-c2cccc(C)c2)nc2cc(CN)ccc21. The van der Waals surface area contributed by atoms with Crippen LogP contribution in [0.15, 0.2) is 42.5 Å². The van der Waals surface area contributed by atoms with Crippen molar-refractivity contribution >= 4 is 11.0 Å². The van der Waals surface area contributed by atoms with Crippen LogP contribution in [0.3, 0.4) is 0 Å². The lowest BCUT2D eigenvalue weighted by atomic mass is 10.1. The largest absolute Gasteiger partial charge is 0.326 e. The summed E-state index contributed by atoms with van der Waals surface area (Å²) in [7, 11) is 0. The van der Waals surface area contributed by atoms with Crippen molar-refractivity contribution in [2.24, 2.45) is 5.73 Å². The number of aryl methyl sites for hydroxylation is 2. The molecule has 3 aromatic rings. The van der Waals surface area contributed by atoms with Gasteiger partial charge in [0.05, 0.1) is 11.0 Å². The highest BCUT2D eigenvalue weighted by Crippen LogP contribution is 2.26. The summed E-state index contributed by atoms with van der Waals surface area (Å²) >= 11 is 0. The first-order valence-electron chi connectivity index (χ1n) is 6.99. The second kappa shape index (κ2) is 5.10. The van der Waals surface area contributed by atoms with Gasteiger partial charge >= 0.3 is 0 Å². The Hall–Kier alpha value is -2.13. The van der Waals surface area contributed by atoms with E-state index >= 15 is 0 Å². The van der Waals surface area contributed by atoms with Crippen LogP contribution in [0, 0.1) is 6.92 Å². The predicted octanol–water partition coefficient (Wildman–Crippen LogP) is 3.49. The topological polar surface area (TPSA) is 43.8 Å². The van der Waals surface area contributed by atoms with E-state index in [0.717, 1.165) is 29.0 Å². The molecule has 0 amide bonds. The van der Waals surface area contributed by atoms with Gasteiger partial charge < -0.3 is 10.3 Å². The summed E-state index contributed by atoms with van der Waals surface area (Å²) in [6.45, 7) is 5.71. The van der Waals surface area contributed by atoms with Crippen LogP contribution in [0.2, 0.25) is 0 Å². The van der Waals surface area contributed by atoms with Gasteiger partial charge in [0.2, 0.25) is 0 Å². The average molecular weight is 265 g/mol. The van der Waals surface area contributed by atoms with Crippen molar-refractivity contribution in [1.82, 2.24) is 9.55 Å². The molecule has 0 saturated heterocycles. The molecule has 3 nitrogen and oxygen atoms in total. The molecule has 1 heterocycles. The minimum atomic E-state index is 0.550. The van der Waals surface area contributed by atoms with Crippen LogP contribution in [0.1, 0.15) is 18.1 Å². The highest BCUT2D eigenvalue weighted by Gasteiger charge is 2.11. The van der Waals surface area contributed by atoms with Crippen molar-refractivity contribution < 1.29 is 0 Å². The number of hydrogen-bond acceptors (Lipinski definition) is 2. The number of aromatic nitrogens is 2. The van der Waals surface area contributed by atoms with Gasteiger partial charge in [0, 0.05) is 18.7 Å². The molecule has 0 aliphatic heterocycles. The molecule has 0 atom stereocenters. The van der Waals surface area contributed by atoms with E-state index in [0.29, 0.717) is 6.54 Å². The van der Waals surface area contributed by atoms with Gasteiger partial charge in [-0.3, -0.25) is 0 Å². The lowest BCUT2D eigenvalue weighted by Crippen LogP contribution is -1.98. The van der Waals surface area contributed by atoms with Crippen LogP contribution in [0.4, 0.5) is 0 Å². The predicted molar refractivity (Wildman–Crippen MR) is 83.5 cm³/mol. The molecule has 0 aliphatic rings. The summed E-state index contributed by atoms with van der Waals surface area (Å²) in [5, 5.41) is 0. The van der Waals surface area contributed by atoms with Gasteiger partial charge in [-0.25, -0.2) is 4.98 Å². The minimum Gasteiger partial charge on any atom is -0.326 e. The Morgan fingerprint density at radius 3 is 2.70 bits per heavy atom. The third-order valence-corrected chi connectivity index (χ3v) is 3.64. The first-order valence-corrected chi connectivity index (χ1v) is 6.99. The van der Waals surface area contributed by atoms with Crippen LogP contribution in [-0.2, 0) is 13.1 Å². The van der Waals surface area contributed by atoms with Crippen LogP contribution in [0.5, 0.6) is 0 Å². The summed E-state index contributed by atoms with van der Waals surface area (Å²) in [6.07, 6.45) is 0. The second-order valence-corrected chi connectivity index (χ2v) is 5.08. The van der Waals surface area contributed by atoms with Gasteiger partial charge in [-0.1, -0.05) is 29.8 Å². The molecule has 2 N–H and O–H groups in total. The first-order chi connectivity index (χ1) is 9.72. The highest BCUT2D eigenvalue weighted by molar-refractivity contribution is 5.81. The molecule has 20 heavy (non-hydrogen) atoms. The molecule has 0 saturated carbocycles. The molecule has 2 aromatic carbocycles.